The summed E-state index contributed by atoms with van der Waals surface area (Å²) in [5.41, 5.74) is -1.29. The Morgan fingerprint density at radius 2 is 1.69 bits per heavy atom. The molecule has 0 aliphatic carbocycles. The topological polar surface area (TPSA) is 114 Å². The van der Waals surface area contributed by atoms with Crippen LogP contribution in [0.1, 0.15) is 48.0 Å². The number of nitrogens with one attached hydrogen (secondary N) is 1. The molecule has 1 heterocycles. The third-order valence-electron chi connectivity index (χ3n) is 6.04. The molecular formula is C26H39N3O7. The second-order valence-electron chi connectivity index (χ2n) is 10.6. The fourth-order valence-electron chi connectivity index (χ4n) is 4.10. The van der Waals surface area contributed by atoms with Crippen LogP contribution in [0.4, 0.5) is 9.59 Å². The molecule has 0 aromatic heterocycles. The van der Waals surface area contributed by atoms with Crippen molar-refractivity contribution in [3.8, 4) is 5.75 Å². The van der Waals surface area contributed by atoms with Gasteiger partial charge in [0.2, 0.25) is 0 Å². The normalized spacial score (nSPS) is 17.6. The zero-order valence-corrected chi connectivity index (χ0v) is 22.3. The summed E-state index contributed by atoms with van der Waals surface area (Å²) in [4.78, 5) is 53.4. The zero-order valence-electron chi connectivity index (χ0n) is 22.3. The number of ether oxygens (including phenoxy) is 3. The number of hydrogen-bond donors (Lipinski definition) is 1. The van der Waals surface area contributed by atoms with E-state index in [0.717, 1.165) is 0 Å². The third-order valence-corrected chi connectivity index (χ3v) is 6.04. The number of benzene rings is 1. The Morgan fingerprint density at radius 3 is 2.25 bits per heavy atom. The van der Waals surface area contributed by atoms with E-state index in [4.69, 9.17) is 14.2 Å². The number of carbonyl (C=O) groups is 4. The highest BCUT2D eigenvalue weighted by atomic mass is 16.6. The number of nitrogens with zero attached hydrogens (tertiary/aromatic N) is 2. The smallest absolute Gasteiger partial charge is 0.413 e. The van der Waals surface area contributed by atoms with Crippen LogP contribution in [-0.4, -0.2) is 84.7 Å². The number of ketones is 1. The van der Waals surface area contributed by atoms with Crippen molar-refractivity contribution in [1.29, 1.82) is 0 Å². The second kappa shape index (κ2) is 12.2. The van der Waals surface area contributed by atoms with E-state index in [1.807, 2.05) is 24.8 Å². The van der Waals surface area contributed by atoms with Crippen molar-refractivity contribution in [2.45, 2.75) is 65.6 Å². The minimum absolute atomic E-state index is 0.188. The van der Waals surface area contributed by atoms with Crippen LogP contribution in [0.5, 0.6) is 5.75 Å². The molecule has 1 aromatic carbocycles. The summed E-state index contributed by atoms with van der Waals surface area (Å²) in [5.74, 6) is -0.323. The summed E-state index contributed by atoms with van der Waals surface area (Å²) in [6, 6.07) is 7.05. The van der Waals surface area contributed by atoms with Crippen LogP contribution in [0.2, 0.25) is 0 Å². The highest BCUT2D eigenvalue weighted by molar-refractivity contribution is 5.86. The van der Waals surface area contributed by atoms with Gasteiger partial charge in [0.25, 0.3) is 0 Å². The van der Waals surface area contributed by atoms with Gasteiger partial charge in [-0.05, 0) is 58.2 Å². The molecule has 2 atom stereocenters. The van der Waals surface area contributed by atoms with Crippen molar-refractivity contribution in [1.82, 2.24) is 15.1 Å². The Balaban J connectivity index is 2.02. The first kappa shape index (κ1) is 29.1. The molecule has 1 saturated heterocycles. The monoisotopic (exact) mass is 505 g/mol. The molecule has 0 spiro atoms. The van der Waals surface area contributed by atoms with Crippen molar-refractivity contribution in [3.05, 3.63) is 30.3 Å². The highest BCUT2D eigenvalue weighted by Crippen LogP contribution is 2.28. The first-order valence-electron chi connectivity index (χ1n) is 12.1. The van der Waals surface area contributed by atoms with E-state index in [2.05, 4.69) is 5.32 Å². The standard InChI is InChI=1S/C26H39N3O7/c1-18(30)21(27-23(32)35-19-11-9-8-10-12-19)26(5,6)13-14-28-15-16-29(20(17-28)22(31)34-7)24(33)36-25(2,3)4/h8-12,20-21H,13-17H2,1-7H3,(H,27,32)/t20-,21+/m1/s1. The first-order chi connectivity index (χ1) is 16.7. The molecule has 0 saturated carbocycles. The molecule has 1 aliphatic heterocycles. The molecule has 10 heteroatoms. The van der Waals surface area contributed by atoms with Crippen LogP contribution in [0.15, 0.2) is 30.3 Å². The first-order valence-corrected chi connectivity index (χ1v) is 12.1. The van der Waals surface area contributed by atoms with Gasteiger partial charge in [-0.15, -0.1) is 0 Å². The number of para-hydroxylation sites is 1. The van der Waals surface area contributed by atoms with E-state index in [-0.39, 0.29) is 12.3 Å². The van der Waals surface area contributed by atoms with Crippen LogP contribution < -0.4 is 10.1 Å². The van der Waals surface area contributed by atoms with Gasteiger partial charge in [-0.3, -0.25) is 14.6 Å². The summed E-state index contributed by atoms with van der Waals surface area (Å²) in [7, 11) is 1.29. The van der Waals surface area contributed by atoms with Crippen molar-refractivity contribution in [3.63, 3.8) is 0 Å². The average Bonchev–Trinajstić information content (AvgIpc) is 2.79. The summed E-state index contributed by atoms with van der Waals surface area (Å²) in [5, 5.41) is 2.70. The molecule has 1 N–H and O–H groups in total. The molecule has 200 valence electrons. The number of methoxy groups -OCH3 is 1. The van der Waals surface area contributed by atoms with Crippen LogP contribution in [-0.2, 0) is 19.1 Å². The third kappa shape index (κ3) is 8.51. The lowest BCUT2D eigenvalue weighted by Crippen LogP contribution is -2.59. The summed E-state index contributed by atoms with van der Waals surface area (Å²) < 4.78 is 15.7. The number of Topliss-reactive ketones (excluding diaryl/α,β-unsaturated/α-hetero) is 1. The molecular weight excluding hydrogens is 466 g/mol. The minimum atomic E-state index is -0.802. The van der Waals surface area contributed by atoms with Gasteiger partial charge in [0.15, 0.2) is 5.78 Å². The van der Waals surface area contributed by atoms with Gasteiger partial charge < -0.3 is 19.5 Å². The van der Waals surface area contributed by atoms with Gasteiger partial charge >= 0.3 is 18.2 Å². The Labute approximate surface area is 213 Å². The van der Waals surface area contributed by atoms with E-state index in [1.165, 1.54) is 18.9 Å². The van der Waals surface area contributed by atoms with Crippen molar-refractivity contribution < 1.29 is 33.4 Å². The number of piperazine rings is 1. The van der Waals surface area contributed by atoms with E-state index < -0.39 is 41.3 Å². The number of carbonyl (C=O) groups excluding carboxylic acids is 4. The van der Waals surface area contributed by atoms with Crippen molar-refractivity contribution in [2.75, 3.05) is 33.3 Å². The lowest BCUT2D eigenvalue weighted by Gasteiger charge is -2.41. The molecule has 1 aliphatic rings. The molecule has 10 nitrogen and oxygen atoms in total. The van der Waals surface area contributed by atoms with Crippen molar-refractivity contribution >= 4 is 23.9 Å². The second-order valence-corrected chi connectivity index (χ2v) is 10.6. The molecule has 36 heavy (non-hydrogen) atoms. The van der Waals surface area contributed by atoms with Crippen LogP contribution in [0.3, 0.4) is 0 Å². The maximum atomic E-state index is 12.7. The van der Waals surface area contributed by atoms with Gasteiger partial charge in [0.05, 0.1) is 13.2 Å². The predicted octanol–water partition coefficient (Wildman–Crippen LogP) is 3.24. The minimum Gasteiger partial charge on any atom is -0.467 e. The number of hydrogen-bond acceptors (Lipinski definition) is 8. The number of rotatable bonds is 8. The van der Waals surface area contributed by atoms with Crippen LogP contribution in [0, 0.1) is 5.41 Å². The quantitative estimate of drug-likeness (QED) is 0.536. The van der Waals surface area contributed by atoms with E-state index in [0.29, 0.717) is 31.8 Å². The summed E-state index contributed by atoms with van der Waals surface area (Å²) in [6.45, 7) is 12.2. The van der Waals surface area contributed by atoms with E-state index in [1.54, 1.807) is 45.0 Å². The lowest BCUT2D eigenvalue weighted by atomic mass is 9.79. The van der Waals surface area contributed by atoms with Crippen LogP contribution in [0.25, 0.3) is 0 Å². The summed E-state index contributed by atoms with van der Waals surface area (Å²) >= 11 is 0. The van der Waals surface area contributed by atoms with Gasteiger partial charge in [-0.25, -0.2) is 14.4 Å². The molecule has 0 radical (unpaired) electrons. The van der Waals surface area contributed by atoms with E-state index in [9.17, 15) is 19.2 Å². The Bertz CT molecular complexity index is 927. The SMILES string of the molecule is COC(=O)[C@H]1CN(CCC(C)(C)[C@@H](NC(=O)Oc2ccccc2)C(C)=O)CCN1C(=O)OC(C)(C)C. The van der Waals surface area contributed by atoms with E-state index >= 15 is 0 Å². The highest BCUT2D eigenvalue weighted by Gasteiger charge is 2.40. The molecule has 0 unspecified atom stereocenters. The van der Waals surface area contributed by atoms with Crippen molar-refractivity contribution in [2.24, 2.45) is 5.41 Å². The maximum Gasteiger partial charge on any atom is 0.413 e. The zero-order chi connectivity index (χ0) is 27.1. The molecule has 1 aromatic rings. The van der Waals surface area contributed by atoms with Gasteiger partial charge in [0.1, 0.15) is 17.4 Å². The summed E-state index contributed by atoms with van der Waals surface area (Å²) in [6.07, 6.45) is -0.717. The average molecular weight is 506 g/mol. The Morgan fingerprint density at radius 1 is 1.06 bits per heavy atom. The van der Waals surface area contributed by atoms with Gasteiger partial charge in [0, 0.05) is 19.6 Å². The molecule has 0 bridgehead atoms. The fraction of sp³-hybridized carbons (Fsp3) is 0.615. The lowest BCUT2D eigenvalue weighted by molar-refractivity contribution is -0.149. The maximum absolute atomic E-state index is 12.7. The number of esters is 1. The largest absolute Gasteiger partial charge is 0.467 e. The van der Waals surface area contributed by atoms with Gasteiger partial charge in [-0.2, -0.15) is 0 Å². The molecule has 2 amide bonds. The Hall–Kier alpha value is -3.14. The predicted molar refractivity (Wildman–Crippen MR) is 134 cm³/mol. The van der Waals surface area contributed by atoms with Gasteiger partial charge in [-0.1, -0.05) is 32.0 Å². The Kier molecular flexibility index (Phi) is 9.86. The molecule has 1 fully saturated rings. The molecule has 2 rings (SSSR count). The van der Waals surface area contributed by atoms with Crippen LogP contribution >= 0.6 is 0 Å². The fourth-order valence-corrected chi connectivity index (χ4v) is 4.10. The number of amides is 2.